The van der Waals surface area contributed by atoms with Gasteiger partial charge in [0.15, 0.2) is 0 Å². The number of allylic oxidation sites excluding steroid dienone is 1. The lowest BCUT2D eigenvalue weighted by Gasteiger charge is -2.25. The van der Waals surface area contributed by atoms with E-state index in [0.29, 0.717) is 6.42 Å². The van der Waals surface area contributed by atoms with Gasteiger partial charge in [-0.1, -0.05) is 26.8 Å². The van der Waals surface area contributed by atoms with Gasteiger partial charge >= 0.3 is 0 Å². The minimum Gasteiger partial charge on any atom is -0.321 e. The van der Waals surface area contributed by atoms with Crippen LogP contribution in [0.25, 0.3) is 0 Å². The van der Waals surface area contributed by atoms with Crippen LogP contribution in [0.2, 0.25) is 0 Å². The molecular weight excluding hydrogens is 150 g/mol. The highest BCUT2D eigenvalue weighted by Crippen LogP contribution is 2.19. The maximum Gasteiger partial charge on any atom is 0.150 e. The normalized spacial score (nSPS) is 14.0. The number of ketones is 1. The zero-order chi connectivity index (χ0) is 9.78. The van der Waals surface area contributed by atoms with Crippen LogP contribution in [0.4, 0.5) is 0 Å². The Morgan fingerprint density at radius 2 is 2.08 bits per heavy atom. The number of nitrogens with two attached hydrogens (primary N) is 1. The maximum atomic E-state index is 11.4. The molecule has 0 fully saturated rings. The molecule has 0 aromatic carbocycles. The van der Waals surface area contributed by atoms with Gasteiger partial charge in [-0.2, -0.15) is 0 Å². The molecule has 0 aromatic rings. The van der Waals surface area contributed by atoms with Crippen LogP contribution >= 0.6 is 0 Å². The summed E-state index contributed by atoms with van der Waals surface area (Å²) in [5.41, 5.74) is 5.62. The molecule has 1 unspecified atom stereocenters. The summed E-state index contributed by atoms with van der Waals surface area (Å²) in [5, 5.41) is 0. The van der Waals surface area contributed by atoms with E-state index in [2.05, 4.69) is 6.58 Å². The Hall–Kier alpha value is -0.630. The second-order valence-electron chi connectivity index (χ2n) is 4.14. The smallest absolute Gasteiger partial charge is 0.150 e. The van der Waals surface area contributed by atoms with E-state index in [1.54, 1.807) is 6.08 Å². The van der Waals surface area contributed by atoms with Crippen LogP contribution in [-0.4, -0.2) is 11.8 Å². The van der Waals surface area contributed by atoms with Gasteiger partial charge in [0.1, 0.15) is 5.78 Å². The number of Topliss-reactive ketones (excluding diaryl/α,β-unsaturated/α-hetero) is 1. The van der Waals surface area contributed by atoms with Crippen LogP contribution in [0.1, 0.15) is 33.6 Å². The standard InChI is InChI=1S/C10H19NO/c1-5-6-7-8(12)9(11)10(2,3)4/h5,9H,1,6-7,11H2,2-4H3. The van der Waals surface area contributed by atoms with Crippen molar-refractivity contribution in [2.24, 2.45) is 11.1 Å². The predicted molar refractivity (Wildman–Crippen MR) is 51.9 cm³/mol. The van der Waals surface area contributed by atoms with Crippen molar-refractivity contribution in [3.05, 3.63) is 12.7 Å². The molecule has 0 saturated heterocycles. The highest BCUT2D eigenvalue weighted by molar-refractivity contribution is 5.84. The van der Waals surface area contributed by atoms with E-state index in [4.69, 9.17) is 5.73 Å². The number of carbonyl (C=O) groups is 1. The SMILES string of the molecule is C=CCCC(=O)C(N)C(C)(C)C. The van der Waals surface area contributed by atoms with Gasteiger partial charge in [-0.25, -0.2) is 0 Å². The molecule has 0 saturated carbocycles. The average Bonchev–Trinajstić information content (AvgIpc) is 1.97. The minimum absolute atomic E-state index is 0.127. The summed E-state index contributed by atoms with van der Waals surface area (Å²) in [7, 11) is 0. The highest BCUT2D eigenvalue weighted by atomic mass is 16.1. The topological polar surface area (TPSA) is 43.1 Å². The lowest BCUT2D eigenvalue weighted by molar-refractivity contribution is -0.122. The average molecular weight is 169 g/mol. The van der Waals surface area contributed by atoms with E-state index in [1.807, 2.05) is 20.8 Å². The lowest BCUT2D eigenvalue weighted by atomic mass is 9.84. The van der Waals surface area contributed by atoms with Crippen molar-refractivity contribution in [3.8, 4) is 0 Å². The van der Waals surface area contributed by atoms with Gasteiger partial charge < -0.3 is 5.73 Å². The van der Waals surface area contributed by atoms with E-state index in [0.717, 1.165) is 6.42 Å². The summed E-state index contributed by atoms with van der Waals surface area (Å²) in [5.74, 6) is 0.127. The molecule has 70 valence electrons. The van der Waals surface area contributed by atoms with Gasteiger partial charge in [0.05, 0.1) is 6.04 Å². The molecule has 0 radical (unpaired) electrons. The van der Waals surface area contributed by atoms with Gasteiger partial charge in [-0.05, 0) is 11.8 Å². The van der Waals surface area contributed by atoms with Crippen molar-refractivity contribution in [3.63, 3.8) is 0 Å². The first-order valence-electron chi connectivity index (χ1n) is 4.28. The second kappa shape index (κ2) is 4.41. The molecule has 2 N–H and O–H groups in total. The molecule has 0 aromatic heterocycles. The summed E-state index contributed by atoms with van der Waals surface area (Å²) in [6, 6.07) is -0.350. The molecule has 0 aliphatic heterocycles. The molecule has 0 bridgehead atoms. The highest BCUT2D eigenvalue weighted by Gasteiger charge is 2.26. The fraction of sp³-hybridized carbons (Fsp3) is 0.700. The first-order valence-corrected chi connectivity index (χ1v) is 4.28. The Balaban J connectivity index is 4.02. The molecule has 12 heavy (non-hydrogen) atoms. The van der Waals surface area contributed by atoms with E-state index in [9.17, 15) is 4.79 Å². The molecule has 2 nitrogen and oxygen atoms in total. The van der Waals surface area contributed by atoms with Crippen LogP contribution in [-0.2, 0) is 4.79 Å². The van der Waals surface area contributed by atoms with Crippen molar-refractivity contribution in [1.29, 1.82) is 0 Å². The fourth-order valence-electron chi connectivity index (χ4n) is 0.883. The molecule has 0 amide bonds. The Morgan fingerprint density at radius 1 is 1.58 bits per heavy atom. The maximum absolute atomic E-state index is 11.4. The molecule has 0 spiro atoms. The summed E-state index contributed by atoms with van der Waals surface area (Å²) in [6.07, 6.45) is 2.98. The van der Waals surface area contributed by atoms with Gasteiger partial charge in [0.25, 0.3) is 0 Å². The molecule has 1 atom stereocenters. The van der Waals surface area contributed by atoms with E-state index < -0.39 is 0 Å². The molecule has 0 aliphatic carbocycles. The summed E-state index contributed by atoms with van der Waals surface area (Å²) in [4.78, 5) is 11.4. The molecule has 0 aliphatic rings. The van der Waals surface area contributed by atoms with Gasteiger partial charge in [0, 0.05) is 6.42 Å². The summed E-state index contributed by atoms with van der Waals surface area (Å²) < 4.78 is 0. The van der Waals surface area contributed by atoms with Crippen molar-refractivity contribution in [2.45, 2.75) is 39.7 Å². The van der Waals surface area contributed by atoms with E-state index >= 15 is 0 Å². The first-order chi connectivity index (χ1) is 5.39. The fourth-order valence-corrected chi connectivity index (χ4v) is 0.883. The Bertz CT molecular complexity index is 167. The summed E-state index contributed by atoms with van der Waals surface area (Å²) >= 11 is 0. The van der Waals surface area contributed by atoms with Crippen LogP contribution in [0.3, 0.4) is 0 Å². The molecular formula is C10H19NO. The zero-order valence-electron chi connectivity index (χ0n) is 8.26. The number of carbonyl (C=O) groups excluding carboxylic acids is 1. The third-order valence-electron chi connectivity index (χ3n) is 1.87. The van der Waals surface area contributed by atoms with Crippen LogP contribution < -0.4 is 5.73 Å². The molecule has 0 rings (SSSR count). The van der Waals surface area contributed by atoms with E-state index in [-0.39, 0.29) is 17.2 Å². The van der Waals surface area contributed by atoms with Crippen molar-refractivity contribution in [2.75, 3.05) is 0 Å². The first kappa shape index (κ1) is 11.4. The second-order valence-corrected chi connectivity index (χ2v) is 4.14. The number of hydrogen-bond acceptors (Lipinski definition) is 2. The largest absolute Gasteiger partial charge is 0.321 e. The molecule has 0 heterocycles. The summed E-state index contributed by atoms with van der Waals surface area (Å²) in [6.45, 7) is 9.49. The number of rotatable bonds is 4. The van der Waals surface area contributed by atoms with Crippen molar-refractivity contribution in [1.82, 2.24) is 0 Å². The Morgan fingerprint density at radius 3 is 2.42 bits per heavy atom. The predicted octanol–water partition coefficient (Wildman–Crippen LogP) is 1.90. The quantitative estimate of drug-likeness (QED) is 0.653. The number of hydrogen-bond donors (Lipinski definition) is 1. The van der Waals surface area contributed by atoms with Gasteiger partial charge in [0.2, 0.25) is 0 Å². The Kier molecular flexibility index (Phi) is 4.18. The Labute approximate surface area is 74.8 Å². The third kappa shape index (κ3) is 3.67. The minimum atomic E-state index is -0.350. The zero-order valence-corrected chi connectivity index (χ0v) is 8.26. The monoisotopic (exact) mass is 169 g/mol. The van der Waals surface area contributed by atoms with Crippen LogP contribution in [0, 0.1) is 5.41 Å². The van der Waals surface area contributed by atoms with Gasteiger partial charge in [-0.15, -0.1) is 6.58 Å². The van der Waals surface area contributed by atoms with E-state index in [1.165, 1.54) is 0 Å². The lowest BCUT2D eigenvalue weighted by Crippen LogP contribution is -2.42. The van der Waals surface area contributed by atoms with Crippen LogP contribution in [0.5, 0.6) is 0 Å². The van der Waals surface area contributed by atoms with Crippen LogP contribution in [0.15, 0.2) is 12.7 Å². The van der Waals surface area contributed by atoms with Gasteiger partial charge in [-0.3, -0.25) is 4.79 Å². The molecule has 2 heteroatoms. The third-order valence-corrected chi connectivity index (χ3v) is 1.87. The van der Waals surface area contributed by atoms with Crippen molar-refractivity contribution < 1.29 is 4.79 Å². The van der Waals surface area contributed by atoms with Crippen molar-refractivity contribution >= 4 is 5.78 Å².